The van der Waals surface area contributed by atoms with Gasteiger partial charge < -0.3 is 20.3 Å². The quantitative estimate of drug-likeness (QED) is 0.750. The summed E-state index contributed by atoms with van der Waals surface area (Å²) in [6.07, 6.45) is -1.05. The molecule has 0 spiro atoms. The van der Waals surface area contributed by atoms with Gasteiger partial charge in [-0.1, -0.05) is 6.07 Å². The van der Waals surface area contributed by atoms with Crippen LogP contribution in [-0.4, -0.2) is 34.9 Å². The second kappa shape index (κ2) is 6.91. The van der Waals surface area contributed by atoms with Crippen molar-refractivity contribution in [3.63, 3.8) is 0 Å². The molecule has 0 aliphatic rings. The van der Waals surface area contributed by atoms with Crippen molar-refractivity contribution in [3.05, 3.63) is 29.3 Å². The third-order valence-electron chi connectivity index (χ3n) is 3.19. The molecule has 0 fully saturated rings. The fraction of sp³-hybridized carbons (Fsp3) is 0.562. The minimum Gasteiger partial charge on any atom is -0.497 e. The standard InChI is InChI=1S/C16H25NO4/c1-10-8-11(21-5)6-7-12(10)15(20)13(9-14(18)19)17-16(2,3)4/h6-8,13,15,17,20H,9H2,1-5H3,(H,18,19). The summed E-state index contributed by atoms with van der Waals surface area (Å²) in [6, 6.07) is 4.81. The van der Waals surface area contributed by atoms with E-state index in [1.807, 2.05) is 33.8 Å². The van der Waals surface area contributed by atoms with Crippen LogP contribution in [0.4, 0.5) is 0 Å². The van der Waals surface area contributed by atoms with Gasteiger partial charge in [-0.2, -0.15) is 0 Å². The second-order valence-electron chi connectivity index (χ2n) is 6.27. The van der Waals surface area contributed by atoms with Crippen molar-refractivity contribution in [1.29, 1.82) is 0 Å². The highest BCUT2D eigenvalue weighted by atomic mass is 16.5. The van der Waals surface area contributed by atoms with Crippen LogP contribution in [0.2, 0.25) is 0 Å². The SMILES string of the molecule is COc1ccc(C(O)C(CC(=O)O)NC(C)(C)C)c(C)c1. The minimum atomic E-state index is -0.943. The van der Waals surface area contributed by atoms with Crippen molar-refractivity contribution < 1.29 is 19.7 Å². The van der Waals surface area contributed by atoms with Crippen molar-refractivity contribution in [2.45, 2.75) is 51.8 Å². The molecule has 3 N–H and O–H groups in total. The lowest BCUT2D eigenvalue weighted by molar-refractivity contribution is -0.138. The molecule has 0 aliphatic carbocycles. The molecule has 0 amide bonds. The van der Waals surface area contributed by atoms with Gasteiger partial charge in [-0.15, -0.1) is 0 Å². The number of aliphatic carboxylic acids is 1. The molecule has 0 radical (unpaired) electrons. The molecule has 5 nitrogen and oxygen atoms in total. The Labute approximate surface area is 125 Å². The molecular formula is C16H25NO4. The van der Waals surface area contributed by atoms with E-state index in [0.29, 0.717) is 11.3 Å². The predicted molar refractivity (Wildman–Crippen MR) is 81.6 cm³/mol. The summed E-state index contributed by atoms with van der Waals surface area (Å²) in [5, 5.41) is 22.8. The Bertz CT molecular complexity index is 494. The fourth-order valence-corrected chi connectivity index (χ4v) is 2.31. The number of aliphatic hydroxyl groups is 1. The van der Waals surface area contributed by atoms with E-state index in [9.17, 15) is 9.90 Å². The monoisotopic (exact) mass is 295 g/mol. The molecule has 21 heavy (non-hydrogen) atoms. The zero-order valence-electron chi connectivity index (χ0n) is 13.3. The van der Waals surface area contributed by atoms with Crippen LogP contribution in [0.3, 0.4) is 0 Å². The van der Waals surface area contributed by atoms with Gasteiger partial charge in [-0.25, -0.2) is 0 Å². The van der Waals surface area contributed by atoms with E-state index in [-0.39, 0.29) is 12.0 Å². The Morgan fingerprint density at radius 2 is 2.00 bits per heavy atom. The number of ether oxygens (including phenoxy) is 1. The molecular weight excluding hydrogens is 270 g/mol. The van der Waals surface area contributed by atoms with E-state index in [0.717, 1.165) is 5.56 Å². The van der Waals surface area contributed by atoms with E-state index in [1.54, 1.807) is 19.2 Å². The maximum Gasteiger partial charge on any atom is 0.305 e. The van der Waals surface area contributed by atoms with E-state index < -0.39 is 18.1 Å². The number of hydrogen-bond acceptors (Lipinski definition) is 4. The van der Waals surface area contributed by atoms with Crippen LogP contribution in [-0.2, 0) is 4.79 Å². The van der Waals surface area contributed by atoms with Crippen LogP contribution < -0.4 is 10.1 Å². The first-order chi connectivity index (χ1) is 9.64. The van der Waals surface area contributed by atoms with E-state index >= 15 is 0 Å². The van der Waals surface area contributed by atoms with Crippen LogP contribution in [0.15, 0.2) is 18.2 Å². The minimum absolute atomic E-state index is 0.149. The van der Waals surface area contributed by atoms with E-state index in [2.05, 4.69) is 5.32 Å². The van der Waals surface area contributed by atoms with Gasteiger partial charge in [-0.3, -0.25) is 4.79 Å². The van der Waals surface area contributed by atoms with Gasteiger partial charge in [0.25, 0.3) is 0 Å². The first kappa shape index (κ1) is 17.5. The van der Waals surface area contributed by atoms with Crippen LogP contribution in [0.5, 0.6) is 5.75 Å². The van der Waals surface area contributed by atoms with Gasteiger partial charge >= 0.3 is 5.97 Å². The smallest absolute Gasteiger partial charge is 0.305 e. The molecule has 0 saturated carbocycles. The van der Waals surface area contributed by atoms with Crippen LogP contribution in [0, 0.1) is 6.92 Å². The molecule has 0 saturated heterocycles. The van der Waals surface area contributed by atoms with Crippen molar-refractivity contribution >= 4 is 5.97 Å². The molecule has 118 valence electrons. The lowest BCUT2D eigenvalue weighted by atomic mass is 9.93. The Hall–Kier alpha value is -1.59. The van der Waals surface area contributed by atoms with Gasteiger partial charge in [-0.05, 0) is 51.0 Å². The predicted octanol–water partition coefficient (Wildman–Crippen LogP) is 2.27. The molecule has 0 bridgehead atoms. The summed E-state index contributed by atoms with van der Waals surface area (Å²) >= 11 is 0. The molecule has 2 unspecified atom stereocenters. The largest absolute Gasteiger partial charge is 0.497 e. The topological polar surface area (TPSA) is 78.8 Å². The Kier molecular flexibility index (Phi) is 5.75. The van der Waals surface area contributed by atoms with Gasteiger partial charge in [0, 0.05) is 11.6 Å². The van der Waals surface area contributed by atoms with Crippen LogP contribution in [0.1, 0.15) is 44.4 Å². The van der Waals surface area contributed by atoms with E-state index in [4.69, 9.17) is 9.84 Å². The number of rotatable bonds is 6. The number of methoxy groups -OCH3 is 1. The third kappa shape index (κ3) is 5.36. The summed E-state index contributed by atoms with van der Waals surface area (Å²) in [5.41, 5.74) is 1.29. The average Bonchev–Trinajstić information content (AvgIpc) is 2.34. The first-order valence-electron chi connectivity index (χ1n) is 6.96. The Morgan fingerprint density at radius 3 is 2.43 bits per heavy atom. The van der Waals surface area contributed by atoms with Crippen molar-refractivity contribution in [2.75, 3.05) is 7.11 Å². The van der Waals surface area contributed by atoms with E-state index in [1.165, 1.54) is 0 Å². The molecule has 0 aliphatic heterocycles. The number of carbonyl (C=O) groups is 1. The molecule has 2 atom stereocenters. The highest BCUT2D eigenvalue weighted by molar-refractivity contribution is 5.67. The maximum absolute atomic E-state index is 11.0. The van der Waals surface area contributed by atoms with Gasteiger partial charge in [0.05, 0.1) is 19.6 Å². The summed E-state index contributed by atoms with van der Waals surface area (Å²) in [4.78, 5) is 11.0. The lowest BCUT2D eigenvalue weighted by Gasteiger charge is -2.31. The average molecular weight is 295 g/mol. The highest BCUT2D eigenvalue weighted by Crippen LogP contribution is 2.27. The molecule has 0 aromatic heterocycles. The van der Waals surface area contributed by atoms with Crippen molar-refractivity contribution in [3.8, 4) is 5.75 Å². The van der Waals surface area contributed by atoms with Gasteiger partial charge in [0.15, 0.2) is 0 Å². The van der Waals surface area contributed by atoms with Gasteiger partial charge in [0.2, 0.25) is 0 Å². The molecule has 1 aromatic rings. The third-order valence-corrected chi connectivity index (χ3v) is 3.19. The number of benzene rings is 1. The number of carboxylic acid groups (broad SMARTS) is 1. The summed E-state index contributed by atoms with van der Waals surface area (Å²) in [5.74, 6) is -0.232. The summed E-state index contributed by atoms with van der Waals surface area (Å²) < 4.78 is 5.14. The second-order valence-corrected chi connectivity index (χ2v) is 6.27. The highest BCUT2D eigenvalue weighted by Gasteiger charge is 2.28. The van der Waals surface area contributed by atoms with Crippen molar-refractivity contribution in [2.24, 2.45) is 0 Å². The number of nitrogens with one attached hydrogen (secondary N) is 1. The fourth-order valence-electron chi connectivity index (χ4n) is 2.31. The zero-order chi connectivity index (χ0) is 16.2. The number of aryl methyl sites for hydroxylation is 1. The molecule has 1 rings (SSSR count). The molecule has 0 heterocycles. The molecule has 5 heteroatoms. The Balaban J connectivity index is 3.03. The molecule has 1 aromatic carbocycles. The zero-order valence-corrected chi connectivity index (χ0v) is 13.3. The lowest BCUT2D eigenvalue weighted by Crippen LogP contribution is -2.47. The number of carboxylic acids is 1. The van der Waals surface area contributed by atoms with Crippen molar-refractivity contribution in [1.82, 2.24) is 5.32 Å². The summed E-state index contributed by atoms with van der Waals surface area (Å²) in [6.45, 7) is 7.69. The first-order valence-corrected chi connectivity index (χ1v) is 6.96. The van der Waals surface area contributed by atoms with Crippen LogP contribution >= 0.6 is 0 Å². The number of aliphatic hydroxyl groups excluding tert-OH is 1. The number of hydrogen-bond donors (Lipinski definition) is 3. The Morgan fingerprint density at radius 1 is 1.38 bits per heavy atom. The van der Waals surface area contributed by atoms with Gasteiger partial charge in [0.1, 0.15) is 5.75 Å². The normalized spacial score (nSPS) is 14.6. The summed E-state index contributed by atoms with van der Waals surface area (Å²) in [7, 11) is 1.58. The van der Waals surface area contributed by atoms with Crippen LogP contribution in [0.25, 0.3) is 0 Å². The maximum atomic E-state index is 11.0.